The first-order valence-electron chi connectivity index (χ1n) is 5.74. The third-order valence-electron chi connectivity index (χ3n) is 2.82. The fraction of sp³-hybridized carbons (Fsp3) is 0. The number of anilines is 2. The summed E-state index contributed by atoms with van der Waals surface area (Å²) < 4.78 is 0.906. The molecule has 20 heavy (non-hydrogen) atoms. The third kappa shape index (κ3) is 1.86. The van der Waals surface area contributed by atoms with Crippen LogP contribution in [0.4, 0.5) is 11.5 Å². The first-order chi connectivity index (χ1) is 9.79. The lowest BCUT2D eigenvalue weighted by Gasteiger charge is -2.05. The van der Waals surface area contributed by atoms with E-state index in [1.807, 2.05) is 18.2 Å². The van der Waals surface area contributed by atoms with Crippen LogP contribution in [0.25, 0.3) is 20.6 Å². The summed E-state index contributed by atoms with van der Waals surface area (Å²) in [6.07, 6.45) is 1.51. The van der Waals surface area contributed by atoms with Crippen molar-refractivity contribution in [3.05, 3.63) is 39.7 Å². The van der Waals surface area contributed by atoms with Crippen molar-refractivity contribution >= 4 is 54.7 Å². The Morgan fingerprint density at radius 3 is 3.10 bits per heavy atom. The van der Waals surface area contributed by atoms with Gasteiger partial charge in [-0.3, -0.25) is 4.79 Å². The van der Waals surface area contributed by atoms with E-state index in [1.165, 1.54) is 29.0 Å². The molecule has 0 spiro atoms. The standard InChI is InChI=1S/C12H7N5OS2/c18-12-17-7-2-1-6(3-8(7)20-12)16-10-9-11(14-4-13-10)19-5-15-9/h1-5H,(H,17,18)(H,13,14,16). The van der Waals surface area contributed by atoms with Crippen molar-refractivity contribution in [2.75, 3.05) is 5.32 Å². The van der Waals surface area contributed by atoms with E-state index >= 15 is 0 Å². The van der Waals surface area contributed by atoms with Gasteiger partial charge in [0.1, 0.15) is 16.7 Å². The molecule has 1 aromatic carbocycles. The quantitative estimate of drug-likeness (QED) is 0.595. The summed E-state index contributed by atoms with van der Waals surface area (Å²) >= 11 is 2.66. The van der Waals surface area contributed by atoms with E-state index in [2.05, 4.69) is 25.3 Å². The summed E-state index contributed by atoms with van der Waals surface area (Å²) in [5.74, 6) is 0.665. The molecule has 0 aliphatic heterocycles. The summed E-state index contributed by atoms with van der Waals surface area (Å²) in [6, 6.07) is 5.68. The Hall–Kier alpha value is -2.32. The lowest BCUT2D eigenvalue weighted by atomic mass is 10.3. The van der Waals surface area contributed by atoms with Crippen LogP contribution in [-0.2, 0) is 0 Å². The van der Waals surface area contributed by atoms with Crippen molar-refractivity contribution in [2.24, 2.45) is 0 Å². The Morgan fingerprint density at radius 1 is 1.20 bits per heavy atom. The molecule has 0 amide bonds. The number of H-pyrrole nitrogens is 1. The van der Waals surface area contributed by atoms with Crippen LogP contribution in [0, 0.1) is 0 Å². The normalized spacial score (nSPS) is 11.2. The Kier molecular flexibility index (Phi) is 2.51. The van der Waals surface area contributed by atoms with E-state index < -0.39 is 0 Å². The van der Waals surface area contributed by atoms with Gasteiger partial charge in [0.25, 0.3) is 0 Å². The maximum absolute atomic E-state index is 11.3. The number of nitrogens with one attached hydrogen (secondary N) is 2. The van der Waals surface area contributed by atoms with Crippen LogP contribution in [0.5, 0.6) is 0 Å². The van der Waals surface area contributed by atoms with Gasteiger partial charge in [-0.25, -0.2) is 15.0 Å². The molecule has 0 fully saturated rings. The molecular formula is C12H7N5OS2. The maximum atomic E-state index is 11.3. The zero-order valence-corrected chi connectivity index (χ0v) is 11.6. The molecule has 0 radical (unpaired) electrons. The molecule has 0 aliphatic carbocycles. The van der Waals surface area contributed by atoms with Crippen molar-refractivity contribution in [3.8, 4) is 0 Å². The van der Waals surface area contributed by atoms with Crippen molar-refractivity contribution in [1.29, 1.82) is 0 Å². The lowest BCUT2D eigenvalue weighted by molar-refractivity contribution is 1.22. The number of aromatic amines is 1. The van der Waals surface area contributed by atoms with Gasteiger partial charge in [-0.15, -0.1) is 11.3 Å². The van der Waals surface area contributed by atoms with Crippen LogP contribution in [0.15, 0.2) is 34.8 Å². The molecule has 6 nitrogen and oxygen atoms in total. The summed E-state index contributed by atoms with van der Waals surface area (Å²) in [4.78, 5) is 27.5. The highest BCUT2D eigenvalue weighted by Gasteiger charge is 2.07. The highest BCUT2D eigenvalue weighted by atomic mass is 32.1. The number of nitrogens with zero attached hydrogens (tertiary/aromatic N) is 3. The zero-order valence-electron chi connectivity index (χ0n) is 9.95. The van der Waals surface area contributed by atoms with Gasteiger partial charge in [0.2, 0.25) is 0 Å². The molecule has 0 saturated carbocycles. The van der Waals surface area contributed by atoms with Gasteiger partial charge >= 0.3 is 4.87 Å². The van der Waals surface area contributed by atoms with Crippen molar-refractivity contribution in [2.45, 2.75) is 0 Å². The fourth-order valence-corrected chi connectivity index (χ4v) is 3.35. The molecule has 8 heteroatoms. The van der Waals surface area contributed by atoms with E-state index in [-0.39, 0.29) is 4.87 Å². The largest absolute Gasteiger partial charge is 0.338 e. The van der Waals surface area contributed by atoms with Gasteiger partial charge < -0.3 is 10.3 Å². The summed E-state index contributed by atoms with van der Waals surface area (Å²) in [7, 11) is 0. The number of thiazole rings is 2. The second-order valence-corrected chi connectivity index (χ2v) is 5.93. The van der Waals surface area contributed by atoms with Crippen LogP contribution in [0.3, 0.4) is 0 Å². The third-order valence-corrected chi connectivity index (χ3v) is 4.40. The molecule has 3 heterocycles. The first kappa shape index (κ1) is 11.5. The number of hydrogen-bond acceptors (Lipinski definition) is 7. The van der Waals surface area contributed by atoms with Crippen LogP contribution in [-0.4, -0.2) is 19.9 Å². The second kappa shape index (κ2) is 4.36. The van der Waals surface area contributed by atoms with E-state index in [0.717, 1.165) is 26.3 Å². The summed E-state index contributed by atoms with van der Waals surface area (Å²) in [5, 5.41) is 3.22. The molecule has 4 aromatic rings. The summed E-state index contributed by atoms with van der Waals surface area (Å²) in [6.45, 7) is 0. The van der Waals surface area contributed by atoms with Gasteiger partial charge in [-0.1, -0.05) is 11.3 Å². The van der Waals surface area contributed by atoms with Gasteiger partial charge in [0.15, 0.2) is 5.82 Å². The predicted octanol–water partition coefficient (Wildman–Crippen LogP) is 2.73. The topological polar surface area (TPSA) is 83.6 Å². The average molecular weight is 301 g/mol. The molecule has 98 valence electrons. The van der Waals surface area contributed by atoms with E-state index in [0.29, 0.717) is 5.82 Å². The molecule has 0 atom stereocenters. The van der Waals surface area contributed by atoms with Crippen LogP contribution >= 0.6 is 22.7 Å². The number of fused-ring (bicyclic) bond motifs is 2. The van der Waals surface area contributed by atoms with Gasteiger partial charge in [-0.2, -0.15) is 0 Å². The molecular weight excluding hydrogens is 294 g/mol. The van der Waals surface area contributed by atoms with E-state index in [9.17, 15) is 4.79 Å². The molecule has 0 aliphatic rings. The highest BCUT2D eigenvalue weighted by molar-refractivity contribution is 7.16. The maximum Gasteiger partial charge on any atom is 0.305 e. The summed E-state index contributed by atoms with van der Waals surface area (Å²) in [5.41, 5.74) is 4.19. The second-order valence-electron chi connectivity index (χ2n) is 4.08. The number of hydrogen-bond donors (Lipinski definition) is 2. The van der Waals surface area contributed by atoms with Gasteiger partial charge in [-0.05, 0) is 18.2 Å². The molecule has 4 rings (SSSR count). The molecule has 3 aromatic heterocycles. The van der Waals surface area contributed by atoms with Crippen molar-refractivity contribution in [3.63, 3.8) is 0 Å². The fourth-order valence-electron chi connectivity index (χ4n) is 1.95. The highest BCUT2D eigenvalue weighted by Crippen LogP contribution is 2.26. The number of rotatable bonds is 2. The zero-order chi connectivity index (χ0) is 13.5. The Bertz CT molecular complexity index is 970. The monoisotopic (exact) mass is 301 g/mol. The number of aromatic nitrogens is 4. The smallest absolute Gasteiger partial charge is 0.305 e. The van der Waals surface area contributed by atoms with Gasteiger partial charge in [0.05, 0.1) is 15.7 Å². The van der Waals surface area contributed by atoms with Crippen molar-refractivity contribution < 1.29 is 0 Å². The molecule has 2 N–H and O–H groups in total. The number of benzene rings is 1. The van der Waals surface area contributed by atoms with E-state index in [4.69, 9.17) is 0 Å². The first-order valence-corrected chi connectivity index (χ1v) is 7.43. The average Bonchev–Trinajstić information content (AvgIpc) is 3.03. The minimum atomic E-state index is -0.0546. The SMILES string of the molecule is O=c1[nH]c2ccc(Nc3ncnc4scnc34)cc2s1. The van der Waals surface area contributed by atoms with Crippen LogP contribution in [0.1, 0.15) is 0 Å². The Labute approximate surface area is 120 Å². The van der Waals surface area contributed by atoms with E-state index in [1.54, 1.807) is 5.51 Å². The van der Waals surface area contributed by atoms with Gasteiger partial charge in [0, 0.05) is 5.69 Å². The van der Waals surface area contributed by atoms with Crippen LogP contribution in [0.2, 0.25) is 0 Å². The predicted molar refractivity (Wildman–Crippen MR) is 80.9 cm³/mol. The van der Waals surface area contributed by atoms with Crippen LogP contribution < -0.4 is 10.2 Å². The lowest BCUT2D eigenvalue weighted by Crippen LogP contribution is -1.95. The Morgan fingerprint density at radius 2 is 2.15 bits per heavy atom. The Balaban J connectivity index is 1.80. The minimum absolute atomic E-state index is 0.0546. The molecule has 0 bridgehead atoms. The minimum Gasteiger partial charge on any atom is -0.338 e. The molecule has 0 saturated heterocycles. The molecule has 0 unspecified atom stereocenters. The van der Waals surface area contributed by atoms with Crippen molar-refractivity contribution in [1.82, 2.24) is 19.9 Å².